The highest BCUT2D eigenvalue weighted by Crippen LogP contribution is 2.29. The highest BCUT2D eigenvalue weighted by molar-refractivity contribution is 7.99. The lowest BCUT2D eigenvalue weighted by Gasteiger charge is -2.15. The molecule has 0 spiro atoms. The Morgan fingerprint density at radius 2 is 2.41 bits per heavy atom. The lowest BCUT2D eigenvalue weighted by atomic mass is 10.1. The van der Waals surface area contributed by atoms with Gasteiger partial charge >= 0.3 is 0 Å². The van der Waals surface area contributed by atoms with Gasteiger partial charge < -0.3 is 10.1 Å². The van der Waals surface area contributed by atoms with Gasteiger partial charge in [0.15, 0.2) is 0 Å². The maximum absolute atomic E-state index is 5.95. The molecule has 1 fully saturated rings. The second-order valence-electron chi connectivity index (χ2n) is 5.02. The third-order valence-electron chi connectivity index (χ3n) is 3.52. The molecule has 0 amide bonds. The second-order valence-corrected chi connectivity index (χ2v) is 6.17. The fourth-order valence-electron chi connectivity index (χ4n) is 2.56. The molecule has 2 nitrogen and oxygen atoms in total. The molecule has 1 N–H and O–H groups in total. The molecule has 0 aromatic heterocycles. The van der Waals surface area contributed by atoms with Crippen LogP contribution in [0.3, 0.4) is 0 Å². The Morgan fingerprint density at radius 3 is 3.24 bits per heavy atom. The summed E-state index contributed by atoms with van der Waals surface area (Å²) in [5.74, 6) is 3.66. The molecular formula is C14H19NOS. The van der Waals surface area contributed by atoms with Gasteiger partial charge in [0.25, 0.3) is 0 Å². The van der Waals surface area contributed by atoms with Crippen molar-refractivity contribution in [2.45, 2.75) is 31.9 Å². The number of rotatable bonds is 3. The fourth-order valence-corrected chi connectivity index (χ4v) is 3.74. The van der Waals surface area contributed by atoms with E-state index in [2.05, 4.69) is 42.2 Å². The molecular weight excluding hydrogens is 230 g/mol. The van der Waals surface area contributed by atoms with E-state index >= 15 is 0 Å². The Bertz CT molecular complexity index is 401. The Hall–Kier alpha value is -0.670. The summed E-state index contributed by atoms with van der Waals surface area (Å²) in [5, 5.41) is 3.63. The molecule has 2 atom stereocenters. The van der Waals surface area contributed by atoms with Crippen LogP contribution in [0, 0.1) is 6.92 Å². The van der Waals surface area contributed by atoms with E-state index in [1.807, 2.05) is 0 Å². The van der Waals surface area contributed by atoms with Gasteiger partial charge in [-0.05, 0) is 30.7 Å². The molecule has 0 radical (unpaired) electrons. The number of benzene rings is 1. The quantitative estimate of drug-likeness (QED) is 0.889. The summed E-state index contributed by atoms with van der Waals surface area (Å²) in [6, 6.07) is 7.19. The smallest absolute Gasteiger partial charge is 0.123 e. The first-order valence-electron chi connectivity index (χ1n) is 6.38. The molecule has 2 aliphatic rings. The first kappa shape index (κ1) is 11.4. The van der Waals surface area contributed by atoms with E-state index in [0.717, 1.165) is 18.7 Å². The third-order valence-corrected chi connectivity index (χ3v) is 4.68. The van der Waals surface area contributed by atoms with Crippen LogP contribution >= 0.6 is 11.8 Å². The molecule has 3 rings (SSSR count). The Balaban J connectivity index is 1.55. The molecule has 1 saturated heterocycles. The van der Waals surface area contributed by atoms with Crippen LogP contribution in [0.1, 0.15) is 17.5 Å². The van der Waals surface area contributed by atoms with Crippen LogP contribution in [0.4, 0.5) is 0 Å². The van der Waals surface area contributed by atoms with Crippen molar-refractivity contribution < 1.29 is 4.74 Å². The van der Waals surface area contributed by atoms with Gasteiger partial charge in [0.05, 0.1) is 0 Å². The SMILES string of the molecule is Cc1ccc2c(c1)CC(CNC1CCSC1)O2. The summed E-state index contributed by atoms with van der Waals surface area (Å²) in [5.41, 5.74) is 2.70. The second kappa shape index (κ2) is 4.91. The van der Waals surface area contributed by atoms with Gasteiger partial charge in [-0.2, -0.15) is 11.8 Å². The average Bonchev–Trinajstić information content (AvgIpc) is 2.94. The molecule has 2 heterocycles. The van der Waals surface area contributed by atoms with Crippen molar-refractivity contribution in [1.82, 2.24) is 5.32 Å². The minimum atomic E-state index is 0.331. The lowest BCUT2D eigenvalue weighted by Crippen LogP contribution is -2.37. The highest BCUT2D eigenvalue weighted by atomic mass is 32.2. The summed E-state index contributed by atoms with van der Waals surface area (Å²) in [4.78, 5) is 0. The average molecular weight is 249 g/mol. The Kier molecular flexibility index (Phi) is 3.30. The Morgan fingerprint density at radius 1 is 1.47 bits per heavy atom. The van der Waals surface area contributed by atoms with Gasteiger partial charge in [-0.3, -0.25) is 0 Å². The first-order valence-corrected chi connectivity index (χ1v) is 7.54. The zero-order valence-corrected chi connectivity index (χ0v) is 11.1. The molecule has 1 aromatic rings. The predicted octanol–water partition coefficient (Wildman–Crippen LogP) is 2.39. The number of nitrogens with one attached hydrogen (secondary N) is 1. The summed E-state index contributed by atoms with van der Waals surface area (Å²) in [6.07, 6.45) is 2.70. The van der Waals surface area contributed by atoms with Crippen molar-refractivity contribution in [3.8, 4) is 5.75 Å². The number of hydrogen-bond acceptors (Lipinski definition) is 3. The van der Waals surface area contributed by atoms with Crippen molar-refractivity contribution in [1.29, 1.82) is 0 Å². The van der Waals surface area contributed by atoms with Gasteiger partial charge in [-0.15, -0.1) is 0 Å². The van der Waals surface area contributed by atoms with Crippen LogP contribution < -0.4 is 10.1 Å². The van der Waals surface area contributed by atoms with Crippen molar-refractivity contribution >= 4 is 11.8 Å². The van der Waals surface area contributed by atoms with Gasteiger partial charge in [0.1, 0.15) is 11.9 Å². The van der Waals surface area contributed by atoms with Crippen LogP contribution in [0.5, 0.6) is 5.75 Å². The molecule has 0 saturated carbocycles. The maximum atomic E-state index is 5.95. The van der Waals surface area contributed by atoms with Crippen LogP contribution in [0.15, 0.2) is 18.2 Å². The number of thioether (sulfide) groups is 1. The minimum Gasteiger partial charge on any atom is -0.488 e. The minimum absolute atomic E-state index is 0.331. The van der Waals surface area contributed by atoms with Gasteiger partial charge in [0.2, 0.25) is 0 Å². The van der Waals surface area contributed by atoms with Gasteiger partial charge in [-0.1, -0.05) is 17.7 Å². The molecule has 1 aromatic carbocycles. The summed E-state index contributed by atoms with van der Waals surface area (Å²) >= 11 is 2.05. The predicted molar refractivity (Wildman–Crippen MR) is 73.0 cm³/mol. The standard InChI is InChI=1S/C14H19NOS/c1-10-2-3-14-11(6-10)7-13(16-14)8-15-12-4-5-17-9-12/h2-3,6,12-13,15H,4-5,7-9H2,1H3. The fraction of sp³-hybridized carbons (Fsp3) is 0.571. The van der Waals surface area contributed by atoms with Crippen LogP contribution in [-0.4, -0.2) is 30.2 Å². The maximum Gasteiger partial charge on any atom is 0.123 e. The van der Waals surface area contributed by atoms with Crippen LogP contribution in [-0.2, 0) is 6.42 Å². The van der Waals surface area contributed by atoms with E-state index in [-0.39, 0.29) is 0 Å². The summed E-state index contributed by atoms with van der Waals surface area (Å²) in [7, 11) is 0. The zero-order chi connectivity index (χ0) is 11.7. The number of aryl methyl sites for hydroxylation is 1. The van der Waals surface area contributed by atoms with Crippen LogP contribution in [0.2, 0.25) is 0 Å². The monoisotopic (exact) mass is 249 g/mol. The largest absolute Gasteiger partial charge is 0.488 e. The van der Waals surface area contributed by atoms with E-state index in [9.17, 15) is 0 Å². The number of ether oxygens (including phenoxy) is 1. The van der Waals surface area contributed by atoms with Crippen molar-refractivity contribution in [3.05, 3.63) is 29.3 Å². The molecule has 17 heavy (non-hydrogen) atoms. The van der Waals surface area contributed by atoms with E-state index in [0.29, 0.717) is 12.1 Å². The van der Waals surface area contributed by atoms with Crippen molar-refractivity contribution in [2.75, 3.05) is 18.1 Å². The van der Waals surface area contributed by atoms with E-state index in [4.69, 9.17) is 4.74 Å². The third kappa shape index (κ3) is 2.61. The molecule has 0 bridgehead atoms. The van der Waals surface area contributed by atoms with Gasteiger partial charge in [-0.25, -0.2) is 0 Å². The van der Waals surface area contributed by atoms with E-state index in [1.54, 1.807) is 0 Å². The number of fused-ring (bicyclic) bond motifs is 1. The normalized spacial score (nSPS) is 26.9. The molecule has 92 valence electrons. The molecule has 2 unspecified atom stereocenters. The molecule has 2 aliphatic heterocycles. The van der Waals surface area contributed by atoms with Crippen LogP contribution in [0.25, 0.3) is 0 Å². The topological polar surface area (TPSA) is 21.3 Å². The summed E-state index contributed by atoms with van der Waals surface area (Å²) < 4.78 is 5.95. The number of hydrogen-bond donors (Lipinski definition) is 1. The first-order chi connectivity index (χ1) is 8.31. The van der Waals surface area contributed by atoms with Crippen molar-refractivity contribution in [2.24, 2.45) is 0 Å². The summed E-state index contributed by atoms with van der Waals surface area (Å²) in [6.45, 7) is 3.13. The molecule has 0 aliphatic carbocycles. The molecule has 3 heteroatoms. The lowest BCUT2D eigenvalue weighted by molar-refractivity contribution is 0.223. The zero-order valence-electron chi connectivity index (χ0n) is 10.2. The Labute approximate surface area is 107 Å². The van der Waals surface area contributed by atoms with E-state index < -0.39 is 0 Å². The van der Waals surface area contributed by atoms with Crippen molar-refractivity contribution in [3.63, 3.8) is 0 Å². The van der Waals surface area contributed by atoms with Gasteiger partial charge in [0, 0.05) is 24.8 Å². The van der Waals surface area contributed by atoms with E-state index in [1.165, 1.54) is 29.1 Å². The highest BCUT2D eigenvalue weighted by Gasteiger charge is 2.24.